The molecule has 1 aliphatic heterocycles. The van der Waals surface area contributed by atoms with E-state index in [9.17, 15) is 4.79 Å². The zero-order valence-corrected chi connectivity index (χ0v) is 18.0. The summed E-state index contributed by atoms with van der Waals surface area (Å²) in [5, 5.41) is 9.16. The van der Waals surface area contributed by atoms with Crippen LogP contribution in [0.3, 0.4) is 0 Å². The first-order valence-electron chi connectivity index (χ1n) is 11.2. The Morgan fingerprint density at radius 2 is 1.70 bits per heavy atom. The van der Waals surface area contributed by atoms with Crippen LogP contribution in [0.15, 0.2) is 48.5 Å². The van der Waals surface area contributed by atoms with Gasteiger partial charge in [-0.1, -0.05) is 80.8 Å². The third-order valence-electron chi connectivity index (χ3n) is 5.77. The Labute approximate surface area is 178 Å². The predicted octanol–water partition coefficient (Wildman–Crippen LogP) is 5.84. The molecule has 1 aromatic heterocycles. The Morgan fingerprint density at radius 1 is 0.933 bits per heavy atom. The first-order chi connectivity index (χ1) is 14.7. The molecular weight excluding hydrogens is 372 g/mol. The molecule has 1 amide bonds. The van der Waals surface area contributed by atoms with Crippen molar-refractivity contribution in [3.63, 3.8) is 0 Å². The second-order valence-electron chi connectivity index (χ2n) is 7.97. The highest BCUT2D eigenvalue weighted by atomic mass is 16.2. The third kappa shape index (κ3) is 3.89. The average molecular weight is 403 g/mol. The first-order valence-corrected chi connectivity index (χ1v) is 11.2. The fourth-order valence-corrected chi connectivity index (χ4v) is 4.23. The molecule has 2 aromatic carbocycles. The number of anilines is 1. The van der Waals surface area contributed by atoms with Gasteiger partial charge in [0.15, 0.2) is 0 Å². The van der Waals surface area contributed by atoms with Gasteiger partial charge in [0.25, 0.3) is 0 Å². The normalized spacial score (nSPS) is 12.5. The van der Waals surface area contributed by atoms with Gasteiger partial charge >= 0.3 is 0 Å². The van der Waals surface area contributed by atoms with Crippen LogP contribution in [0.4, 0.5) is 5.69 Å². The third-order valence-corrected chi connectivity index (χ3v) is 5.77. The number of fused-ring (bicyclic) bond motifs is 5. The summed E-state index contributed by atoms with van der Waals surface area (Å²) >= 11 is 0. The van der Waals surface area contributed by atoms with E-state index in [-0.39, 0.29) is 5.91 Å². The highest BCUT2D eigenvalue weighted by Crippen LogP contribution is 2.41. The van der Waals surface area contributed by atoms with Crippen molar-refractivity contribution in [1.82, 2.24) is 15.0 Å². The monoisotopic (exact) mass is 402 g/mol. The molecule has 0 atom stereocenters. The summed E-state index contributed by atoms with van der Waals surface area (Å²) in [4.78, 5) is 15.0. The Balaban J connectivity index is 1.86. The smallest absolute Gasteiger partial charge is 0.227 e. The molecule has 0 fully saturated rings. The van der Waals surface area contributed by atoms with Gasteiger partial charge in [0.1, 0.15) is 5.69 Å². The minimum atomic E-state index is 0.148. The minimum absolute atomic E-state index is 0.148. The van der Waals surface area contributed by atoms with Crippen LogP contribution in [0.5, 0.6) is 0 Å². The maximum atomic E-state index is 13.0. The quantitative estimate of drug-likeness (QED) is 0.467. The number of aryl methyl sites for hydroxylation is 1. The molecular formula is C25H30N4O. The van der Waals surface area contributed by atoms with E-state index < -0.39 is 0 Å². The summed E-state index contributed by atoms with van der Waals surface area (Å²) in [7, 11) is 0. The van der Waals surface area contributed by atoms with E-state index in [1.807, 2.05) is 36.1 Å². The van der Waals surface area contributed by atoms with Crippen molar-refractivity contribution in [2.24, 2.45) is 0 Å². The van der Waals surface area contributed by atoms with Crippen molar-refractivity contribution in [1.29, 1.82) is 0 Å². The topological polar surface area (TPSA) is 51.0 Å². The van der Waals surface area contributed by atoms with E-state index in [0.717, 1.165) is 53.2 Å². The van der Waals surface area contributed by atoms with E-state index >= 15 is 0 Å². The van der Waals surface area contributed by atoms with E-state index in [0.29, 0.717) is 13.0 Å². The van der Waals surface area contributed by atoms with Crippen LogP contribution in [-0.4, -0.2) is 20.9 Å². The van der Waals surface area contributed by atoms with Gasteiger partial charge in [-0.05, 0) is 24.5 Å². The first kappa shape index (κ1) is 20.3. The second-order valence-corrected chi connectivity index (χ2v) is 7.97. The van der Waals surface area contributed by atoms with Gasteiger partial charge in [0.05, 0.1) is 17.9 Å². The van der Waals surface area contributed by atoms with Crippen molar-refractivity contribution in [3.05, 3.63) is 54.1 Å². The van der Waals surface area contributed by atoms with Crippen LogP contribution < -0.4 is 4.90 Å². The largest absolute Gasteiger partial charge is 0.307 e. The SMILES string of the molecule is CCCCCCn1nnc2c1-c1ccccc1CN(C(=O)CCC)c1ccccc1-2. The summed E-state index contributed by atoms with van der Waals surface area (Å²) in [6.07, 6.45) is 6.11. The summed E-state index contributed by atoms with van der Waals surface area (Å²) in [6.45, 7) is 5.69. The molecule has 1 aliphatic rings. The van der Waals surface area contributed by atoms with Crippen LogP contribution in [0.25, 0.3) is 22.5 Å². The molecule has 2 heterocycles. The fraction of sp³-hybridized carbons (Fsp3) is 0.400. The standard InChI is InChI=1S/C25H30N4O/c1-3-5-6-11-17-29-25-20-14-8-7-13-19(20)18-28(23(30)12-4-2)22-16-10-9-15-21(22)24(25)26-27-29/h7-10,13-16H,3-6,11-12,17-18H2,1-2H3. The number of carbonyl (C=O) groups excluding carboxylic acids is 1. The number of carbonyl (C=O) groups is 1. The molecule has 0 saturated carbocycles. The van der Waals surface area contributed by atoms with Gasteiger partial charge in [-0.15, -0.1) is 5.10 Å². The van der Waals surface area contributed by atoms with Crippen molar-refractivity contribution in [2.75, 3.05) is 4.90 Å². The number of amides is 1. The molecule has 4 rings (SSSR count). The molecule has 0 aliphatic carbocycles. The maximum absolute atomic E-state index is 13.0. The molecule has 0 bridgehead atoms. The van der Waals surface area contributed by atoms with Crippen molar-refractivity contribution in [3.8, 4) is 22.5 Å². The molecule has 30 heavy (non-hydrogen) atoms. The van der Waals surface area contributed by atoms with Crippen LogP contribution in [0.1, 0.15) is 57.9 Å². The zero-order chi connectivity index (χ0) is 20.9. The Bertz CT molecular complexity index is 1020. The van der Waals surface area contributed by atoms with Crippen molar-refractivity contribution < 1.29 is 4.79 Å². The molecule has 0 spiro atoms. The second kappa shape index (κ2) is 9.24. The van der Waals surface area contributed by atoms with E-state index in [2.05, 4.69) is 46.2 Å². The van der Waals surface area contributed by atoms with Crippen LogP contribution in [0.2, 0.25) is 0 Å². The maximum Gasteiger partial charge on any atom is 0.227 e. The average Bonchev–Trinajstić information content (AvgIpc) is 3.17. The van der Waals surface area contributed by atoms with Crippen molar-refractivity contribution >= 4 is 11.6 Å². The van der Waals surface area contributed by atoms with Crippen LogP contribution in [0, 0.1) is 0 Å². The predicted molar refractivity (Wildman–Crippen MR) is 121 cm³/mol. The number of para-hydroxylation sites is 1. The van der Waals surface area contributed by atoms with E-state index in [1.165, 1.54) is 19.3 Å². The number of nitrogens with zero attached hydrogens (tertiary/aromatic N) is 4. The van der Waals surface area contributed by atoms with Gasteiger partial charge in [-0.3, -0.25) is 4.79 Å². The Kier molecular flexibility index (Phi) is 6.26. The number of aromatic nitrogens is 3. The van der Waals surface area contributed by atoms with E-state index in [4.69, 9.17) is 0 Å². The minimum Gasteiger partial charge on any atom is -0.307 e. The molecule has 0 radical (unpaired) electrons. The summed E-state index contributed by atoms with van der Waals surface area (Å²) in [6, 6.07) is 16.5. The molecule has 0 unspecified atom stereocenters. The molecule has 5 nitrogen and oxygen atoms in total. The lowest BCUT2D eigenvalue weighted by molar-refractivity contribution is -0.118. The summed E-state index contributed by atoms with van der Waals surface area (Å²) in [5.41, 5.74) is 6.09. The number of hydrogen-bond acceptors (Lipinski definition) is 3. The highest BCUT2D eigenvalue weighted by Gasteiger charge is 2.28. The lowest BCUT2D eigenvalue weighted by Crippen LogP contribution is -2.31. The number of rotatable bonds is 7. The van der Waals surface area contributed by atoms with Gasteiger partial charge in [-0.25, -0.2) is 4.68 Å². The Morgan fingerprint density at radius 3 is 2.50 bits per heavy atom. The van der Waals surface area contributed by atoms with Gasteiger partial charge in [-0.2, -0.15) is 0 Å². The van der Waals surface area contributed by atoms with Gasteiger partial charge < -0.3 is 4.90 Å². The highest BCUT2D eigenvalue weighted by molar-refractivity contribution is 6.00. The van der Waals surface area contributed by atoms with Crippen molar-refractivity contribution in [2.45, 2.75) is 65.5 Å². The van der Waals surface area contributed by atoms with Gasteiger partial charge in [0.2, 0.25) is 5.91 Å². The van der Waals surface area contributed by atoms with E-state index in [1.54, 1.807) is 0 Å². The van der Waals surface area contributed by atoms with Gasteiger partial charge in [0, 0.05) is 24.1 Å². The Hall–Kier alpha value is -2.95. The molecule has 5 heteroatoms. The lowest BCUT2D eigenvalue weighted by atomic mass is 9.95. The molecule has 0 saturated heterocycles. The molecule has 3 aromatic rings. The molecule has 156 valence electrons. The van der Waals surface area contributed by atoms with Crippen LogP contribution >= 0.6 is 0 Å². The lowest BCUT2D eigenvalue weighted by Gasteiger charge is -2.28. The number of benzene rings is 2. The zero-order valence-electron chi connectivity index (χ0n) is 18.0. The fourth-order valence-electron chi connectivity index (χ4n) is 4.23. The van der Waals surface area contributed by atoms with Crippen LogP contribution in [-0.2, 0) is 17.9 Å². The molecule has 0 N–H and O–H groups in total. The summed E-state index contributed by atoms with van der Waals surface area (Å²) < 4.78 is 2.06. The summed E-state index contributed by atoms with van der Waals surface area (Å²) in [5.74, 6) is 0.148. The number of hydrogen-bond donors (Lipinski definition) is 0. The number of unbranched alkanes of at least 4 members (excludes halogenated alkanes) is 3.